The van der Waals surface area contributed by atoms with E-state index in [-0.39, 0.29) is 0 Å². The molecule has 0 spiro atoms. The molecule has 10 heteroatoms. The summed E-state index contributed by atoms with van der Waals surface area (Å²) in [5.74, 6) is 3.18. The zero-order chi connectivity index (χ0) is 23.4. The van der Waals surface area contributed by atoms with Crippen molar-refractivity contribution >= 4 is 26.7 Å². The third kappa shape index (κ3) is 5.51. The van der Waals surface area contributed by atoms with Gasteiger partial charge in [-0.05, 0) is 43.4 Å². The summed E-state index contributed by atoms with van der Waals surface area (Å²) in [6.07, 6.45) is 7.44. The molecule has 4 rings (SSSR count). The van der Waals surface area contributed by atoms with Crippen molar-refractivity contribution in [3.05, 3.63) is 36.7 Å². The molecule has 0 saturated carbocycles. The van der Waals surface area contributed by atoms with E-state index >= 15 is 0 Å². The van der Waals surface area contributed by atoms with Crippen LogP contribution in [-0.2, 0) is 10.0 Å². The van der Waals surface area contributed by atoms with Crippen molar-refractivity contribution in [2.75, 3.05) is 45.0 Å². The van der Waals surface area contributed by atoms with Crippen LogP contribution in [0.5, 0.6) is 11.5 Å². The molecule has 1 fully saturated rings. The predicted molar refractivity (Wildman–Crippen MR) is 128 cm³/mol. The van der Waals surface area contributed by atoms with E-state index in [0.717, 1.165) is 54.6 Å². The standard InChI is InChI=1S/C23H29N5O4S/c1-31-20-13-18-19(14-21(20)32-2)26-22(17-5-4-9-24-15-17)27-23(18)28-11-7-16(8-12-28)6-10-25-33(3,29)30/h4-5,9,13-16,25H,6-8,10-12H2,1-3H3. The minimum atomic E-state index is -3.15. The lowest BCUT2D eigenvalue weighted by atomic mass is 9.93. The van der Waals surface area contributed by atoms with Crippen molar-refractivity contribution in [2.45, 2.75) is 19.3 Å². The monoisotopic (exact) mass is 471 g/mol. The molecule has 1 aliphatic rings. The Morgan fingerprint density at radius 2 is 1.85 bits per heavy atom. The zero-order valence-corrected chi connectivity index (χ0v) is 19.9. The molecule has 1 N–H and O–H groups in total. The third-order valence-electron chi connectivity index (χ3n) is 5.93. The van der Waals surface area contributed by atoms with E-state index < -0.39 is 10.0 Å². The van der Waals surface area contributed by atoms with Crippen LogP contribution in [0.1, 0.15) is 19.3 Å². The molecule has 33 heavy (non-hydrogen) atoms. The Morgan fingerprint density at radius 3 is 2.48 bits per heavy atom. The number of ether oxygens (including phenoxy) is 2. The first kappa shape index (κ1) is 23.2. The van der Waals surface area contributed by atoms with Crippen molar-refractivity contribution < 1.29 is 17.9 Å². The van der Waals surface area contributed by atoms with Crippen LogP contribution >= 0.6 is 0 Å². The number of sulfonamides is 1. The summed E-state index contributed by atoms with van der Waals surface area (Å²) in [6.45, 7) is 2.13. The number of anilines is 1. The lowest BCUT2D eigenvalue weighted by Gasteiger charge is -2.33. The molecule has 0 atom stereocenters. The van der Waals surface area contributed by atoms with Crippen LogP contribution in [0.3, 0.4) is 0 Å². The molecule has 0 bridgehead atoms. The van der Waals surface area contributed by atoms with Crippen LogP contribution in [0.4, 0.5) is 5.82 Å². The number of piperidine rings is 1. The molecule has 3 aromatic rings. The Morgan fingerprint density at radius 1 is 1.12 bits per heavy atom. The van der Waals surface area contributed by atoms with E-state index in [9.17, 15) is 8.42 Å². The van der Waals surface area contributed by atoms with Gasteiger partial charge in [-0.15, -0.1) is 0 Å². The fourth-order valence-electron chi connectivity index (χ4n) is 4.19. The van der Waals surface area contributed by atoms with Crippen molar-refractivity contribution in [1.82, 2.24) is 19.7 Å². The average Bonchev–Trinajstić information content (AvgIpc) is 2.82. The smallest absolute Gasteiger partial charge is 0.208 e. The maximum Gasteiger partial charge on any atom is 0.208 e. The summed E-state index contributed by atoms with van der Waals surface area (Å²) in [5.41, 5.74) is 1.62. The molecule has 3 heterocycles. The average molecular weight is 472 g/mol. The molecule has 0 unspecified atom stereocenters. The summed E-state index contributed by atoms with van der Waals surface area (Å²) in [6, 6.07) is 7.62. The van der Waals surface area contributed by atoms with Crippen molar-refractivity contribution in [3.8, 4) is 22.9 Å². The Balaban J connectivity index is 1.64. The minimum absolute atomic E-state index is 0.469. The van der Waals surface area contributed by atoms with Crippen LogP contribution in [0.25, 0.3) is 22.3 Å². The summed E-state index contributed by atoms with van der Waals surface area (Å²) in [4.78, 5) is 16.2. The van der Waals surface area contributed by atoms with Crippen molar-refractivity contribution in [1.29, 1.82) is 0 Å². The second kappa shape index (κ2) is 9.88. The highest BCUT2D eigenvalue weighted by atomic mass is 32.2. The molecular weight excluding hydrogens is 442 g/mol. The van der Waals surface area contributed by atoms with Crippen LogP contribution in [0, 0.1) is 5.92 Å². The van der Waals surface area contributed by atoms with Crippen LogP contribution in [0.15, 0.2) is 36.7 Å². The second-order valence-corrected chi connectivity index (χ2v) is 10.1. The Labute approximate surface area is 194 Å². The summed E-state index contributed by atoms with van der Waals surface area (Å²) in [7, 11) is 0.0726. The number of fused-ring (bicyclic) bond motifs is 1. The number of aromatic nitrogens is 3. The van der Waals surface area contributed by atoms with E-state index in [1.54, 1.807) is 26.6 Å². The van der Waals surface area contributed by atoms with Crippen LogP contribution in [0.2, 0.25) is 0 Å². The lowest BCUT2D eigenvalue weighted by Crippen LogP contribution is -2.36. The van der Waals surface area contributed by atoms with Gasteiger partial charge in [0.05, 0.1) is 26.0 Å². The molecular formula is C23H29N5O4S. The van der Waals surface area contributed by atoms with Crippen LogP contribution < -0.4 is 19.1 Å². The molecule has 0 amide bonds. The zero-order valence-electron chi connectivity index (χ0n) is 19.1. The quantitative estimate of drug-likeness (QED) is 0.535. The maximum atomic E-state index is 11.3. The van der Waals surface area contributed by atoms with Crippen molar-refractivity contribution in [2.24, 2.45) is 5.92 Å². The second-order valence-electron chi connectivity index (χ2n) is 8.22. The SMILES string of the molecule is COc1cc2nc(-c3cccnc3)nc(N3CCC(CCNS(C)(=O)=O)CC3)c2cc1OC. The van der Waals surface area contributed by atoms with Gasteiger partial charge >= 0.3 is 0 Å². The highest BCUT2D eigenvalue weighted by Crippen LogP contribution is 2.37. The molecule has 2 aromatic heterocycles. The molecule has 9 nitrogen and oxygen atoms in total. The van der Waals surface area contributed by atoms with Gasteiger partial charge in [-0.2, -0.15) is 0 Å². The van der Waals surface area contributed by atoms with Gasteiger partial charge in [0.15, 0.2) is 17.3 Å². The molecule has 1 aromatic carbocycles. The number of hydrogen-bond donors (Lipinski definition) is 1. The number of nitrogens with one attached hydrogen (secondary N) is 1. The number of methoxy groups -OCH3 is 2. The van der Waals surface area contributed by atoms with Gasteiger partial charge in [-0.3, -0.25) is 4.98 Å². The number of rotatable bonds is 8. The highest BCUT2D eigenvalue weighted by Gasteiger charge is 2.24. The van der Waals surface area contributed by atoms with Crippen LogP contribution in [-0.4, -0.2) is 63.5 Å². The third-order valence-corrected chi connectivity index (χ3v) is 6.66. The van der Waals surface area contributed by atoms with E-state index in [1.807, 2.05) is 24.3 Å². The number of pyridine rings is 1. The topological polar surface area (TPSA) is 107 Å². The minimum Gasteiger partial charge on any atom is -0.493 e. The fourth-order valence-corrected chi connectivity index (χ4v) is 4.68. The van der Waals surface area contributed by atoms with Gasteiger partial charge in [0, 0.05) is 49.0 Å². The Kier molecular flexibility index (Phi) is 6.94. The predicted octanol–water partition coefficient (Wildman–Crippen LogP) is 2.86. The van der Waals surface area contributed by atoms with E-state index in [0.29, 0.717) is 29.8 Å². The van der Waals surface area contributed by atoms with E-state index in [1.165, 1.54) is 6.26 Å². The molecule has 0 aliphatic carbocycles. The first-order chi connectivity index (χ1) is 15.9. The number of benzene rings is 1. The molecule has 0 radical (unpaired) electrons. The van der Waals surface area contributed by atoms with E-state index in [4.69, 9.17) is 19.4 Å². The maximum absolute atomic E-state index is 11.3. The molecule has 1 aliphatic heterocycles. The Bertz CT molecular complexity index is 1210. The fraction of sp³-hybridized carbons (Fsp3) is 0.435. The van der Waals surface area contributed by atoms with Gasteiger partial charge in [0.1, 0.15) is 5.82 Å². The van der Waals surface area contributed by atoms with Gasteiger partial charge in [0.25, 0.3) is 0 Å². The number of hydrogen-bond acceptors (Lipinski definition) is 8. The summed E-state index contributed by atoms with van der Waals surface area (Å²) in [5, 5.41) is 0.900. The molecule has 1 saturated heterocycles. The largest absolute Gasteiger partial charge is 0.493 e. The van der Waals surface area contributed by atoms with E-state index in [2.05, 4.69) is 14.6 Å². The highest BCUT2D eigenvalue weighted by molar-refractivity contribution is 7.88. The normalized spacial score (nSPS) is 15.1. The lowest BCUT2D eigenvalue weighted by molar-refractivity contribution is 0.355. The van der Waals surface area contributed by atoms with Gasteiger partial charge in [0.2, 0.25) is 10.0 Å². The van der Waals surface area contributed by atoms with Crippen molar-refractivity contribution in [3.63, 3.8) is 0 Å². The van der Waals surface area contributed by atoms with Gasteiger partial charge < -0.3 is 14.4 Å². The molecule has 176 valence electrons. The first-order valence-corrected chi connectivity index (χ1v) is 12.8. The Hall–Kier alpha value is -2.98. The van der Waals surface area contributed by atoms with Gasteiger partial charge in [-0.1, -0.05) is 0 Å². The van der Waals surface area contributed by atoms with Gasteiger partial charge in [-0.25, -0.2) is 23.1 Å². The summed E-state index contributed by atoms with van der Waals surface area (Å²) < 4.78 is 36.3. The number of nitrogens with zero attached hydrogens (tertiary/aromatic N) is 4. The first-order valence-electron chi connectivity index (χ1n) is 10.9. The summed E-state index contributed by atoms with van der Waals surface area (Å²) >= 11 is 0.